The Balaban J connectivity index is 1.82. The van der Waals surface area contributed by atoms with E-state index < -0.39 is 5.63 Å². The summed E-state index contributed by atoms with van der Waals surface area (Å²) >= 11 is 0. The highest BCUT2D eigenvalue weighted by Gasteiger charge is 2.19. The predicted octanol–water partition coefficient (Wildman–Crippen LogP) is 2.99. The van der Waals surface area contributed by atoms with E-state index in [2.05, 4.69) is 5.32 Å². The van der Waals surface area contributed by atoms with Gasteiger partial charge in [0.15, 0.2) is 11.3 Å². The molecule has 1 aromatic heterocycles. The number of ether oxygens (including phenoxy) is 3. The summed E-state index contributed by atoms with van der Waals surface area (Å²) in [7, 11) is 4.59. The van der Waals surface area contributed by atoms with Crippen LogP contribution in [0.25, 0.3) is 11.0 Å². The van der Waals surface area contributed by atoms with Crippen LogP contribution in [0.2, 0.25) is 0 Å². The molecule has 0 aliphatic rings. The molecule has 0 aliphatic heterocycles. The van der Waals surface area contributed by atoms with Crippen molar-refractivity contribution in [3.63, 3.8) is 0 Å². The number of fused-ring (bicyclic) bond motifs is 1. The fourth-order valence-corrected chi connectivity index (χ4v) is 3.14. The maximum absolute atomic E-state index is 12.5. The highest BCUT2D eigenvalue weighted by atomic mass is 16.5. The zero-order chi connectivity index (χ0) is 21.0. The van der Waals surface area contributed by atoms with E-state index in [0.29, 0.717) is 40.1 Å². The molecule has 29 heavy (non-hydrogen) atoms. The third kappa shape index (κ3) is 4.18. The first kappa shape index (κ1) is 20.3. The van der Waals surface area contributed by atoms with E-state index in [4.69, 9.17) is 18.6 Å². The summed E-state index contributed by atoms with van der Waals surface area (Å²) in [6.07, 6.45) is -0.0748. The Hall–Kier alpha value is -3.48. The molecule has 3 aromatic rings. The Labute approximate surface area is 168 Å². The second-order valence-corrected chi connectivity index (χ2v) is 6.47. The summed E-state index contributed by atoms with van der Waals surface area (Å²) in [5.41, 5.74) is 1.66. The molecular formula is C22H23NO6. The molecule has 7 nitrogen and oxygen atoms in total. The molecule has 0 saturated heterocycles. The smallest absolute Gasteiger partial charge is 0.340 e. The zero-order valence-electron chi connectivity index (χ0n) is 16.8. The summed E-state index contributed by atoms with van der Waals surface area (Å²) in [4.78, 5) is 25.0. The molecule has 1 amide bonds. The largest absolute Gasteiger partial charge is 0.497 e. The predicted molar refractivity (Wildman–Crippen MR) is 109 cm³/mol. The van der Waals surface area contributed by atoms with Gasteiger partial charge >= 0.3 is 5.63 Å². The Morgan fingerprint density at radius 1 is 1.00 bits per heavy atom. The van der Waals surface area contributed by atoms with Gasteiger partial charge in [0.05, 0.1) is 33.3 Å². The number of carbonyl (C=O) groups excluding carboxylic acids is 1. The second-order valence-electron chi connectivity index (χ2n) is 6.47. The van der Waals surface area contributed by atoms with Crippen LogP contribution in [0.3, 0.4) is 0 Å². The summed E-state index contributed by atoms with van der Waals surface area (Å²) in [5, 5.41) is 3.52. The lowest BCUT2D eigenvalue weighted by Gasteiger charge is -2.13. The Morgan fingerprint density at radius 3 is 2.34 bits per heavy atom. The van der Waals surface area contributed by atoms with Gasteiger partial charge < -0.3 is 23.9 Å². The first-order chi connectivity index (χ1) is 14.0. The van der Waals surface area contributed by atoms with Crippen molar-refractivity contribution >= 4 is 16.9 Å². The van der Waals surface area contributed by atoms with E-state index >= 15 is 0 Å². The number of benzene rings is 2. The van der Waals surface area contributed by atoms with Crippen molar-refractivity contribution in [2.45, 2.75) is 19.9 Å². The summed E-state index contributed by atoms with van der Waals surface area (Å²) in [6.45, 7) is 2.14. The third-order valence-corrected chi connectivity index (χ3v) is 4.78. The van der Waals surface area contributed by atoms with Crippen molar-refractivity contribution in [1.29, 1.82) is 0 Å². The SMILES string of the molecule is COc1ccc(CNC(=O)Cc2c(C)c3ccc(OC)c(OC)c3oc2=O)cc1. The molecule has 2 aromatic carbocycles. The Kier molecular flexibility index (Phi) is 6.07. The number of rotatable bonds is 7. The van der Waals surface area contributed by atoms with E-state index in [9.17, 15) is 9.59 Å². The molecule has 1 heterocycles. The highest BCUT2D eigenvalue weighted by Crippen LogP contribution is 2.36. The topological polar surface area (TPSA) is 87.0 Å². The van der Waals surface area contributed by atoms with Crippen LogP contribution in [0.15, 0.2) is 45.6 Å². The van der Waals surface area contributed by atoms with Gasteiger partial charge in [0.1, 0.15) is 5.75 Å². The molecule has 0 radical (unpaired) electrons. The monoisotopic (exact) mass is 397 g/mol. The maximum Gasteiger partial charge on any atom is 0.340 e. The van der Waals surface area contributed by atoms with E-state index in [1.807, 2.05) is 24.3 Å². The van der Waals surface area contributed by atoms with Gasteiger partial charge in [0.25, 0.3) is 0 Å². The van der Waals surface area contributed by atoms with Gasteiger partial charge in [-0.25, -0.2) is 4.79 Å². The number of hydrogen-bond donors (Lipinski definition) is 1. The first-order valence-electron chi connectivity index (χ1n) is 9.05. The van der Waals surface area contributed by atoms with Gasteiger partial charge in [-0.3, -0.25) is 4.79 Å². The second kappa shape index (κ2) is 8.68. The summed E-state index contributed by atoms with van der Waals surface area (Å²) in [5.74, 6) is 1.29. The number of methoxy groups -OCH3 is 3. The molecule has 0 atom stereocenters. The van der Waals surface area contributed by atoms with E-state index in [1.54, 1.807) is 26.2 Å². The van der Waals surface area contributed by atoms with Gasteiger partial charge in [-0.1, -0.05) is 12.1 Å². The molecule has 7 heteroatoms. The van der Waals surface area contributed by atoms with Crippen LogP contribution in [-0.2, 0) is 17.8 Å². The summed E-state index contributed by atoms with van der Waals surface area (Å²) < 4.78 is 21.2. The number of hydrogen-bond acceptors (Lipinski definition) is 6. The van der Waals surface area contributed by atoms with Crippen molar-refractivity contribution in [2.75, 3.05) is 21.3 Å². The molecule has 0 aliphatic carbocycles. The maximum atomic E-state index is 12.5. The van der Waals surface area contributed by atoms with E-state index in [1.165, 1.54) is 14.2 Å². The third-order valence-electron chi connectivity index (χ3n) is 4.78. The molecular weight excluding hydrogens is 374 g/mol. The number of carbonyl (C=O) groups is 1. The van der Waals surface area contributed by atoms with Crippen LogP contribution in [0.1, 0.15) is 16.7 Å². The average molecular weight is 397 g/mol. The van der Waals surface area contributed by atoms with Crippen LogP contribution < -0.4 is 25.2 Å². The van der Waals surface area contributed by atoms with Gasteiger partial charge in [0.2, 0.25) is 11.7 Å². The molecule has 0 saturated carbocycles. The van der Waals surface area contributed by atoms with Gasteiger partial charge in [-0.15, -0.1) is 0 Å². The molecule has 3 rings (SSSR count). The average Bonchev–Trinajstić information content (AvgIpc) is 2.74. The van der Waals surface area contributed by atoms with E-state index in [0.717, 1.165) is 11.3 Å². The molecule has 0 fully saturated rings. The zero-order valence-corrected chi connectivity index (χ0v) is 16.8. The lowest BCUT2D eigenvalue weighted by atomic mass is 10.0. The van der Waals surface area contributed by atoms with Crippen molar-refractivity contribution < 1.29 is 23.4 Å². The van der Waals surface area contributed by atoms with Crippen molar-refractivity contribution in [1.82, 2.24) is 5.32 Å². The fraction of sp³-hybridized carbons (Fsp3) is 0.273. The van der Waals surface area contributed by atoms with Crippen LogP contribution in [0.5, 0.6) is 17.2 Å². The molecule has 0 unspecified atom stereocenters. The standard InChI is InChI=1S/C22H23NO6/c1-13-16-9-10-18(27-3)21(28-4)20(16)29-22(25)17(13)11-19(24)23-12-14-5-7-15(26-2)8-6-14/h5-10H,11-12H2,1-4H3,(H,23,24). The van der Waals surface area contributed by atoms with Crippen molar-refractivity contribution in [2.24, 2.45) is 0 Å². The number of nitrogens with one attached hydrogen (secondary N) is 1. The lowest BCUT2D eigenvalue weighted by Crippen LogP contribution is -2.27. The van der Waals surface area contributed by atoms with E-state index in [-0.39, 0.29) is 12.3 Å². The first-order valence-corrected chi connectivity index (χ1v) is 9.05. The number of amides is 1. The minimum absolute atomic E-state index is 0.0748. The fourth-order valence-electron chi connectivity index (χ4n) is 3.14. The minimum Gasteiger partial charge on any atom is -0.497 e. The summed E-state index contributed by atoms with van der Waals surface area (Å²) in [6, 6.07) is 10.9. The Morgan fingerprint density at radius 2 is 1.72 bits per heavy atom. The molecule has 1 N–H and O–H groups in total. The van der Waals surface area contributed by atoms with Gasteiger partial charge in [0, 0.05) is 11.9 Å². The van der Waals surface area contributed by atoms with Gasteiger partial charge in [-0.05, 0) is 42.3 Å². The van der Waals surface area contributed by atoms with Gasteiger partial charge in [-0.2, -0.15) is 0 Å². The highest BCUT2D eigenvalue weighted by molar-refractivity contribution is 5.89. The number of aryl methyl sites for hydroxylation is 1. The minimum atomic E-state index is -0.568. The van der Waals surface area contributed by atoms with Crippen LogP contribution in [0, 0.1) is 6.92 Å². The normalized spacial score (nSPS) is 10.6. The van der Waals surface area contributed by atoms with Crippen LogP contribution >= 0.6 is 0 Å². The molecule has 0 bridgehead atoms. The molecule has 152 valence electrons. The van der Waals surface area contributed by atoms with Crippen LogP contribution in [0.4, 0.5) is 0 Å². The van der Waals surface area contributed by atoms with Crippen molar-refractivity contribution in [3.8, 4) is 17.2 Å². The molecule has 0 spiro atoms. The van der Waals surface area contributed by atoms with Crippen LogP contribution in [-0.4, -0.2) is 27.2 Å². The Bertz CT molecular complexity index is 1090. The quantitative estimate of drug-likeness (QED) is 0.617. The van der Waals surface area contributed by atoms with Crippen molar-refractivity contribution in [3.05, 3.63) is 63.5 Å². The lowest BCUT2D eigenvalue weighted by molar-refractivity contribution is -0.120.